The van der Waals surface area contributed by atoms with Gasteiger partial charge in [-0.3, -0.25) is 4.79 Å². The Balaban J connectivity index is 1.93. The third kappa shape index (κ3) is 4.78. The molecule has 0 aliphatic carbocycles. The van der Waals surface area contributed by atoms with Crippen molar-refractivity contribution < 1.29 is 9.18 Å². The molecule has 0 bridgehead atoms. The van der Waals surface area contributed by atoms with Crippen LogP contribution in [0.2, 0.25) is 0 Å². The zero-order chi connectivity index (χ0) is 15.9. The van der Waals surface area contributed by atoms with Gasteiger partial charge in [-0.15, -0.1) is 10.2 Å². The predicted octanol–water partition coefficient (Wildman–Crippen LogP) is 1.65. The Morgan fingerprint density at radius 1 is 1.23 bits per heavy atom. The number of nitrogens with one attached hydrogen (secondary N) is 2. The standard InChI is InChI=1S/C15H18FN5O/c1-21(2)9-8-17-15(22)13-6-7-14(20-19-13)18-12-5-3-4-11(16)10-12/h3-7,10H,8-9H2,1-2H3,(H,17,22)(H,18,20). The number of hydrogen-bond acceptors (Lipinski definition) is 5. The fourth-order valence-electron chi connectivity index (χ4n) is 1.72. The van der Waals surface area contributed by atoms with Gasteiger partial charge in [-0.1, -0.05) is 6.07 Å². The van der Waals surface area contributed by atoms with Gasteiger partial charge in [0.1, 0.15) is 5.82 Å². The van der Waals surface area contributed by atoms with Gasteiger partial charge in [-0.2, -0.15) is 0 Å². The van der Waals surface area contributed by atoms with Crippen molar-refractivity contribution in [1.29, 1.82) is 0 Å². The van der Waals surface area contributed by atoms with Crippen molar-refractivity contribution >= 4 is 17.4 Å². The van der Waals surface area contributed by atoms with Crippen molar-refractivity contribution in [2.24, 2.45) is 0 Å². The van der Waals surface area contributed by atoms with Crippen LogP contribution in [0.15, 0.2) is 36.4 Å². The zero-order valence-electron chi connectivity index (χ0n) is 12.5. The van der Waals surface area contributed by atoms with Crippen LogP contribution in [0.3, 0.4) is 0 Å². The number of amides is 1. The molecule has 1 aromatic heterocycles. The van der Waals surface area contributed by atoms with E-state index in [0.29, 0.717) is 18.1 Å². The molecule has 0 atom stereocenters. The average Bonchev–Trinajstić information content (AvgIpc) is 2.47. The minimum Gasteiger partial charge on any atom is -0.349 e. The van der Waals surface area contributed by atoms with E-state index < -0.39 is 0 Å². The van der Waals surface area contributed by atoms with Gasteiger partial charge in [-0.25, -0.2) is 4.39 Å². The monoisotopic (exact) mass is 303 g/mol. The first-order valence-electron chi connectivity index (χ1n) is 6.84. The summed E-state index contributed by atoms with van der Waals surface area (Å²) in [6.45, 7) is 1.29. The summed E-state index contributed by atoms with van der Waals surface area (Å²) in [5.74, 6) is -0.169. The summed E-state index contributed by atoms with van der Waals surface area (Å²) >= 11 is 0. The Labute approximate surface area is 128 Å². The maximum Gasteiger partial charge on any atom is 0.271 e. The molecule has 0 aliphatic heterocycles. The second-order valence-electron chi connectivity index (χ2n) is 5.00. The predicted molar refractivity (Wildman–Crippen MR) is 82.6 cm³/mol. The van der Waals surface area contributed by atoms with E-state index >= 15 is 0 Å². The molecule has 116 valence electrons. The molecule has 1 heterocycles. The summed E-state index contributed by atoms with van der Waals surface area (Å²) in [4.78, 5) is 13.8. The number of hydrogen-bond donors (Lipinski definition) is 2. The molecule has 2 aromatic rings. The molecule has 0 aliphatic rings. The smallest absolute Gasteiger partial charge is 0.271 e. The Kier molecular flexibility index (Phi) is 5.37. The van der Waals surface area contributed by atoms with Crippen LogP contribution in [-0.4, -0.2) is 48.2 Å². The van der Waals surface area contributed by atoms with Crippen molar-refractivity contribution in [2.75, 3.05) is 32.5 Å². The number of aromatic nitrogens is 2. The lowest BCUT2D eigenvalue weighted by Gasteiger charge is -2.10. The van der Waals surface area contributed by atoms with Crippen molar-refractivity contribution in [1.82, 2.24) is 20.4 Å². The molecular weight excluding hydrogens is 285 g/mol. The van der Waals surface area contributed by atoms with E-state index in [9.17, 15) is 9.18 Å². The number of nitrogens with zero attached hydrogens (tertiary/aromatic N) is 3. The third-order valence-electron chi connectivity index (χ3n) is 2.84. The number of halogens is 1. The fourth-order valence-corrected chi connectivity index (χ4v) is 1.72. The first-order chi connectivity index (χ1) is 10.5. The number of rotatable bonds is 6. The summed E-state index contributed by atoms with van der Waals surface area (Å²) in [7, 11) is 3.86. The van der Waals surface area contributed by atoms with Gasteiger partial charge in [0, 0.05) is 18.8 Å². The molecule has 0 fully saturated rings. The lowest BCUT2D eigenvalue weighted by Crippen LogP contribution is -2.31. The van der Waals surface area contributed by atoms with E-state index in [0.717, 1.165) is 6.54 Å². The van der Waals surface area contributed by atoms with Crippen LogP contribution in [0.1, 0.15) is 10.5 Å². The number of anilines is 2. The van der Waals surface area contributed by atoms with Gasteiger partial charge in [0.25, 0.3) is 5.91 Å². The van der Waals surface area contributed by atoms with Crippen LogP contribution >= 0.6 is 0 Å². The van der Waals surface area contributed by atoms with Crippen LogP contribution in [0, 0.1) is 5.82 Å². The van der Waals surface area contributed by atoms with E-state index in [-0.39, 0.29) is 17.4 Å². The van der Waals surface area contributed by atoms with Gasteiger partial charge in [0.2, 0.25) is 0 Å². The molecular formula is C15H18FN5O. The highest BCUT2D eigenvalue weighted by Gasteiger charge is 2.08. The largest absolute Gasteiger partial charge is 0.349 e. The zero-order valence-corrected chi connectivity index (χ0v) is 12.5. The second-order valence-corrected chi connectivity index (χ2v) is 5.00. The maximum atomic E-state index is 13.1. The van der Waals surface area contributed by atoms with Crippen molar-refractivity contribution in [3.63, 3.8) is 0 Å². The van der Waals surface area contributed by atoms with Crippen molar-refractivity contribution in [3.8, 4) is 0 Å². The Bertz CT molecular complexity index is 630. The molecule has 2 N–H and O–H groups in total. The van der Waals surface area contributed by atoms with Gasteiger partial charge in [0.15, 0.2) is 11.5 Å². The lowest BCUT2D eigenvalue weighted by atomic mass is 10.3. The highest BCUT2D eigenvalue weighted by molar-refractivity contribution is 5.92. The first kappa shape index (κ1) is 15.8. The van der Waals surface area contributed by atoms with Gasteiger partial charge < -0.3 is 15.5 Å². The first-order valence-corrected chi connectivity index (χ1v) is 6.84. The molecule has 0 saturated heterocycles. The number of carbonyl (C=O) groups is 1. The van der Waals surface area contributed by atoms with Gasteiger partial charge in [-0.05, 0) is 44.4 Å². The Hall–Kier alpha value is -2.54. The normalized spacial score (nSPS) is 10.5. The van der Waals surface area contributed by atoms with Crippen LogP contribution in [0.25, 0.3) is 0 Å². The number of likely N-dealkylation sites (N-methyl/N-ethyl adjacent to an activating group) is 1. The van der Waals surface area contributed by atoms with E-state index in [1.54, 1.807) is 24.3 Å². The molecule has 0 saturated carbocycles. The lowest BCUT2D eigenvalue weighted by molar-refractivity contribution is 0.0945. The summed E-state index contributed by atoms with van der Waals surface area (Å²) in [6, 6.07) is 9.21. The highest BCUT2D eigenvalue weighted by Crippen LogP contribution is 2.14. The molecule has 2 rings (SSSR count). The molecule has 0 unspecified atom stereocenters. The molecule has 22 heavy (non-hydrogen) atoms. The van der Waals surface area contributed by atoms with Crippen LogP contribution in [0.4, 0.5) is 15.9 Å². The van der Waals surface area contributed by atoms with E-state index in [1.807, 2.05) is 19.0 Å². The minimum absolute atomic E-state index is 0.239. The Morgan fingerprint density at radius 2 is 2.05 bits per heavy atom. The average molecular weight is 303 g/mol. The Morgan fingerprint density at radius 3 is 2.68 bits per heavy atom. The fraction of sp³-hybridized carbons (Fsp3) is 0.267. The SMILES string of the molecule is CN(C)CCNC(=O)c1ccc(Nc2cccc(F)c2)nn1. The van der Waals surface area contributed by atoms with E-state index in [4.69, 9.17) is 0 Å². The second kappa shape index (κ2) is 7.46. The summed E-state index contributed by atoms with van der Waals surface area (Å²) in [6.07, 6.45) is 0. The van der Waals surface area contributed by atoms with Crippen molar-refractivity contribution in [2.45, 2.75) is 0 Å². The molecule has 7 heteroatoms. The number of carbonyl (C=O) groups excluding carboxylic acids is 1. The quantitative estimate of drug-likeness (QED) is 0.849. The van der Waals surface area contributed by atoms with Gasteiger partial charge in [0.05, 0.1) is 0 Å². The topological polar surface area (TPSA) is 70.2 Å². The summed E-state index contributed by atoms with van der Waals surface area (Å²) in [5, 5.41) is 13.4. The minimum atomic E-state index is -0.338. The van der Waals surface area contributed by atoms with Crippen molar-refractivity contribution in [3.05, 3.63) is 47.9 Å². The van der Waals surface area contributed by atoms with Crippen LogP contribution < -0.4 is 10.6 Å². The van der Waals surface area contributed by atoms with Crippen LogP contribution in [0.5, 0.6) is 0 Å². The van der Waals surface area contributed by atoms with Crippen LogP contribution in [-0.2, 0) is 0 Å². The number of benzene rings is 1. The summed E-state index contributed by atoms with van der Waals surface area (Å²) in [5.41, 5.74) is 0.807. The maximum absolute atomic E-state index is 13.1. The molecule has 6 nitrogen and oxygen atoms in total. The molecule has 1 aromatic carbocycles. The van der Waals surface area contributed by atoms with Gasteiger partial charge >= 0.3 is 0 Å². The van der Waals surface area contributed by atoms with E-state index in [1.165, 1.54) is 12.1 Å². The molecule has 0 radical (unpaired) electrons. The molecule has 1 amide bonds. The van der Waals surface area contributed by atoms with E-state index in [2.05, 4.69) is 20.8 Å². The molecule has 0 spiro atoms. The summed E-state index contributed by atoms with van der Waals surface area (Å²) < 4.78 is 13.1. The highest BCUT2D eigenvalue weighted by atomic mass is 19.1. The third-order valence-corrected chi connectivity index (χ3v) is 2.84.